The number of ether oxygens (including phenoxy) is 2. The third-order valence-electron chi connectivity index (χ3n) is 20.5. The number of carbonyl (C=O) groups is 4. The van der Waals surface area contributed by atoms with Crippen LogP contribution >= 0.6 is 0 Å². The highest BCUT2D eigenvalue weighted by Gasteiger charge is 2.59. The average Bonchev–Trinajstić information content (AvgIpc) is 2.13. The highest BCUT2D eigenvalue weighted by molar-refractivity contribution is 5.96. The molecule has 2 aromatic heterocycles. The van der Waals surface area contributed by atoms with Gasteiger partial charge in [-0.05, 0) is 150 Å². The lowest BCUT2D eigenvalue weighted by Gasteiger charge is -2.37. The number of hydrazine groups is 1. The van der Waals surface area contributed by atoms with Crippen molar-refractivity contribution in [1.82, 2.24) is 44.9 Å². The van der Waals surface area contributed by atoms with E-state index >= 15 is 9.59 Å². The molecule has 4 aromatic rings. The fourth-order valence-electron chi connectivity index (χ4n) is 15.6. The van der Waals surface area contributed by atoms with E-state index in [9.17, 15) is 9.59 Å². The van der Waals surface area contributed by atoms with E-state index in [4.69, 9.17) is 18.6 Å². The first-order valence-corrected chi connectivity index (χ1v) is 30.9. The van der Waals surface area contributed by atoms with Crippen molar-refractivity contribution in [1.29, 1.82) is 0 Å². The van der Waals surface area contributed by atoms with Crippen molar-refractivity contribution in [2.45, 2.75) is 166 Å². The molecule has 0 radical (unpaired) electrons. The second-order valence-corrected chi connectivity index (χ2v) is 26.8. The Morgan fingerprint density at radius 2 is 1.70 bits per heavy atom. The maximum atomic E-state index is 15.4. The molecule has 8 atom stereocenters. The largest absolute Gasteiger partial charge is 0.464 e. The molecule has 81 heavy (non-hydrogen) atoms. The summed E-state index contributed by atoms with van der Waals surface area (Å²) in [5.74, 6) is 0.178. The summed E-state index contributed by atoms with van der Waals surface area (Å²) >= 11 is 0. The van der Waals surface area contributed by atoms with Crippen LogP contribution in [0.1, 0.15) is 132 Å². The number of aryl methyl sites for hydroxylation is 1. The molecule has 6 bridgehead atoms. The van der Waals surface area contributed by atoms with Crippen molar-refractivity contribution in [2.24, 2.45) is 22.7 Å². The number of pyridine rings is 1. The number of likely N-dealkylation sites (N-methyl/N-ethyl adjacent to an activating group) is 1. The van der Waals surface area contributed by atoms with Crippen LogP contribution in [0.25, 0.3) is 33.3 Å². The molecule has 13 rings (SSSR count). The molecule has 8 fully saturated rings. The quantitative estimate of drug-likeness (QED) is 0.106. The Bertz CT molecular complexity index is 3160. The molecule has 16 nitrogen and oxygen atoms in total. The summed E-state index contributed by atoms with van der Waals surface area (Å²) < 4.78 is 40.6. The maximum Gasteiger partial charge on any atom is 0.324 e. The molecule has 3 aliphatic carbocycles. The minimum absolute atomic E-state index is 0.00676. The van der Waals surface area contributed by atoms with Crippen LogP contribution in [0.5, 0.6) is 0 Å². The number of cyclic esters (lactones) is 1. The summed E-state index contributed by atoms with van der Waals surface area (Å²) in [6, 6.07) is 15.5. The standard InChI is InChI=1S/C65H88N10O6/c1-7-74-54-22-19-46-34-49(54)51(58(74)50-35-48(37-66-55(50)41(2)80-6)71-30-28-70(29-31-71)47-20-21-47)36-64(3,4)40-81-63(79)52-16-11-25-75(68-52)61(77)53(33-42-12-10-15-45(46)32-42)67-60(76)57(43-13-8-9-14-43)72-26-23-65(38-72)24-27-73(39-65)62(78)59-56(69(59)5)44-17-18-44/h10,12,15,19,22,32,34-35,37,41,43-44,47,52-53,56-57,59,68H,7-9,11,13-14,16-18,20-21,23-31,33,36,38-40H2,1-6H3,(H,67,76)/t41-,52-,53-,56+,57-,59+,65-,69?/m0/s1/i1D3. The number of nitrogens with one attached hydrogen (secondary N) is 2. The Morgan fingerprint density at radius 1 is 0.914 bits per heavy atom. The number of piperazine rings is 1. The lowest BCUT2D eigenvalue weighted by atomic mass is 9.84. The van der Waals surface area contributed by atoms with E-state index in [-0.39, 0.29) is 54.7 Å². The number of carbonyl (C=O) groups excluding carboxylic acids is 4. The van der Waals surface area contributed by atoms with Crippen LogP contribution < -0.4 is 15.6 Å². The van der Waals surface area contributed by atoms with Gasteiger partial charge in [0.15, 0.2) is 0 Å². The zero-order valence-electron chi connectivity index (χ0n) is 51.6. The van der Waals surface area contributed by atoms with Crippen LogP contribution in [0.15, 0.2) is 54.7 Å². The van der Waals surface area contributed by atoms with Crippen LogP contribution in [-0.2, 0) is 48.0 Å². The van der Waals surface area contributed by atoms with Gasteiger partial charge >= 0.3 is 5.97 Å². The Hall–Kier alpha value is -5.39. The van der Waals surface area contributed by atoms with Crippen LogP contribution in [0.2, 0.25) is 0 Å². The van der Waals surface area contributed by atoms with E-state index in [2.05, 4.69) is 86.5 Å². The number of likely N-dealkylation sites (tertiary alicyclic amines) is 2. The monoisotopic (exact) mass is 1110 g/mol. The van der Waals surface area contributed by atoms with Crippen LogP contribution in [0.3, 0.4) is 0 Å². The summed E-state index contributed by atoms with van der Waals surface area (Å²) in [5, 5.41) is 5.81. The SMILES string of the molecule is [2H]C([2H])([2H])Cn1c(-c2cc(N3CCN(C4CC4)CC3)cnc2[C@H](C)OC)c2c3cc(ccc31)-c1cccc(c1)C[C@H](NC(=O)[C@H](C1CCCC1)N1CC[C@]3(CCN(C(=O)[C@H]4[C@@H](C5CC5)N4C)C3)C1)C(=O)N1CCC[C@H](N1)C(=O)OCC(C)(C)C2. The smallest absolute Gasteiger partial charge is 0.324 e. The average molecular weight is 1110 g/mol. The number of methoxy groups -OCH3 is 1. The van der Waals surface area contributed by atoms with Gasteiger partial charge in [0.05, 0.1) is 42.0 Å². The Kier molecular flexibility index (Phi) is 13.9. The number of aromatic nitrogens is 2. The fourth-order valence-corrected chi connectivity index (χ4v) is 15.6. The predicted octanol–water partition coefficient (Wildman–Crippen LogP) is 7.61. The molecule has 3 amide bonds. The van der Waals surface area contributed by atoms with Gasteiger partial charge in [-0.15, -0.1) is 0 Å². The van der Waals surface area contributed by atoms with Crippen molar-refractivity contribution in [3.05, 3.63) is 71.5 Å². The Morgan fingerprint density at radius 3 is 2.47 bits per heavy atom. The third kappa shape index (κ3) is 10.8. The molecule has 1 unspecified atom stereocenters. The van der Waals surface area contributed by atoms with E-state index < -0.39 is 42.5 Å². The second kappa shape index (κ2) is 22.0. The van der Waals surface area contributed by atoms with E-state index in [1.165, 1.54) is 30.7 Å². The van der Waals surface area contributed by atoms with Gasteiger partial charge < -0.3 is 29.2 Å². The molecule has 2 aromatic carbocycles. The number of benzene rings is 2. The topological polar surface area (TPSA) is 148 Å². The Balaban J connectivity index is 0.849. The predicted molar refractivity (Wildman–Crippen MR) is 314 cm³/mol. The molecule has 434 valence electrons. The van der Waals surface area contributed by atoms with Gasteiger partial charge in [-0.25, -0.2) is 5.43 Å². The van der Waals surface area contributed by atoms with Gasteiger partial charge in [0.1, 0.15) is 18.1 Å². The zero-order valence-corrected chi connectivity index (χ0v) is 48.6. The van der Waals surface area contributed by atoms with Crippen LogP contribution in [0.4, 0.5) is 5.69 Å². The number of amides is 3. The second-order valence-electron chi connectivity index (χ2n) is 26.8. The van der Waals surface area contributed by atoms with Crippen molar-refractivity contribution in [3.8, 4) is 22.4 Å². The summed E-state index contributed by atoms with van der Waals surface area (Å²) in [5.41, 5.74) is 10.2. The number of nitrogens with zero attached hydrogens (tertiary/aromatic N) is 8. The van der Waals surface area contributed by atoms with Crippen molar-refractivity contribution >= 4 is 40.3 Å². The highest BCUT2D eigenvalue weighted by Crippen LogP contribution is 2.49. The molecule has 8 heterocycles. The van der Waals surface area contributed by atoms with Crippen LogP contribution in [-0.4, -0.2) is 174 Å². The minimum Gasteiger partial charge on any atom is -0.464 e. The summed E-state index contributed by atoms with van der Waals surface area (Å²) in [6.07, 6.45) is 14.0. The van der Waals surface area contributed by atoms with Crippen molar-refractivity contribution < 1.29 is 32.8 Å². The van der Waals surface area contributed by atoms with E-state index in [0.717, 1.165) is 141 Å². The van der Waals surface area contributed by atoms with E-state index in [0.29, 0.717) is 49.5 Å². The van der Waals surface area contributed by atoms with Gasteiger partial charge in [-0.3, -0.25) is 43.9 Å². The third-order valence-corrected chi connectivity index (χ3v) is 20.5. The number of esters is 1. The molecule has 1 spiro atoms. The number of anilines is 1. The number of hydrogen-bond acceptors (Lipinski definition) is 12. The molecule has 6 aliphatic heterocycles. The number of rotatable bonds is 12. The maximum absolute atomic E-state index is 15.4. The summed E-state index contributed by atoms with van der Waals surface area (Å²) in [4.78, 5) is 75.8. The summed E-state index contributed by atoms with van der Waals surface area (Å²) in [6.45, 7) is 10.6. The van der Waals surface area contributed by atoms with Crippen molar-refractivity contribution in [2.75, 3.05) is 84.6 Å². The summed E-state index contributed by atoms with van der Waals surface area (Å²) in [7, 11) is 3.76. The first kappa shape index (κ1) is 51.3. The Labute approximate surface area is 483 Å². The normalized spacial score (nSPS) is 30.0. The van der Waals surface area contributed by atoms with Gasteiger partial charge in [-0.2, -0.15) is 0 Å². The number of fused-ring (bicyclic) bond motifs is 6. The first-order valence-electron chi connectivity index (χ1n) is 32.4. The first-order chi connectivity index (χ1) is 40.3. The highest BCUT2D eigenvalue weighted by atomic mass is 16.5. The molecular formula is C65H88N10O6. The van der Waals surface area contributed by atoms with E-state index in [1.54, 1.807) is 7.11 Å². The molecule has 9 aliphatic rings. The molecule has 2 N–H and O–H groups in total. The molecule has 3 saturated carbocycles. The number of hydrogen-bond donors (Lipinski definition) is 2. The van der Waals surface area contributed by atoms with Gasteiger partial charge in [0.2, 0.25) is 11.8 Å². The van der Waals surface area contributed by atoms with Gasteiger partial charge in [-0.1, -0.05) is 57.0 Å². The van der Waals surface area contributed by atoms with Crippen molar-refractivity contribution in [3.63, 3.8) is 0 Å². The van der Waals surface area contributed by atoms with E-state index in [1.807, 2.05) is 35.9 Å². The van der Waals surface area contributed by atoms with Gasteiger partial charge in [0, 0.05) is 116 Å². The zero-order chi connectivity index (χ0) is 58.4. The van der Waals surface area contributed by atoms with Gasteiger partial charge in [0.25, 0.3) is 5.91 Å². The fraction of sp³-hybridized carbons (Fsp3) is 0.646. The molecule has 5 saturated heterocycles. The lowest BCUT2D eigenvalue weighted by molar-refractivity contribution is -0.155. The van der Waals surface area contributed by atoms with Crippen LogP contribution in [0, 0.1) is 22.7 Å². The lowest BCUT2D eigenvalue weighted by Crippen LogP contribution is -2.62. The molecular weight excluding hydrogens is 1020 g/mol. The minimum atomic E-state index is -2.34. The molecule has 16 heteroatoms.